The molecule has 0 aromatic heterocycles. The summed E-state index contributed by atoms with van der Waals surface area (Å²) >= 11 is 0. The minimum absolute atomic E-state index is 0.00293. The van der Waals surface area contributed by atoms with Crippen LogP contribution in [0, 0.1) is 5.82 Å². The van der Waals surface area contributed by atoms with E-state index in [-0.39, 0.29) is 24.9 Å². The molecule has 110 valence electrons. The van der Waals surface area contributed by atoms with Crippen LogP contribution in [0.25, 0.3) is 0 Å². The Labute approximate surface area is 114 Å². The topological polar surface area (TPSA) is 127 Å². The van der Waals surface area contributed by atoms with Gasteiger partial charge in [-0.2, -0.15) is 0 Å². The Balaban J connectivity index is 2.82. The molecule has 0 spiro atoms. The summed E-state index contributed by atoms with van der Waals surface area (Å²) in [6.45, 7) is -0.0780. The highest BCUT2D eigenvalue weighted by Gasteiger charge is 2.20. The van der Waals surface area contributed by atoms with E-state index in [4.69, 9.17) is 10.8 Å². The van der Waals surface area contributed by atoms with Crippen molar-refractivity contribution in [3.63, 3.8) is 0 Å². The number of sulfonamides is 1. The van der Waals surface area contributed by atoms with Crippen LogP contribution in [0.5, 0.6) is 0 Å². The predicted molar refractivity (Wildman–Crippen MR) is 67.0 cm³/mol. The summed E-state index contributed by atoms with van der Waals surface area (Å²) in [5.74, 6) is -3.09. The maximum Gasteiger partial charge on any atom is 0.335 e. The van der Waals surface area contributed by atoms with Gasteiger partial charge in [0.2, 0.25) is 15.9 Å². The maximum atomic E-state index is 13.6. The van der Waals surface area contributed by atoms with Crippen LogP contribution in [0.15, 0.2) is 23.1 Å². The number of amides is 1. The number of nitrogens with one attached hydrogen (secondary N) is 1. The smallest absolute Gasteiger partial charge is 0.335 e. The molecule has 0 aliphatic heterocycles. The van der Waals surface area contributed by atoms with Crippen LogP contribution < -0.4 is 10.5 Å². The Morgan fingerprint density at radius 3 is 2.50 bits per heavy atom. The van der Waals surface area contributed by atoms with Crippen LogP contribution in [0.2, 0.25) is 0 Å². The first-order valence-corrected chi connectivity index (χ1v) is 7.03. The van der Waals surface area contributed by atoms with E-state index >= 15 is 0 Å². The van der Waals surface area contributed by atoms with Gasteiger partial charge in [-0.25, -0.2) is 22.3 Å². The van der Waals surface area contributed by atoms with Gasteiger partial charge in [0, 0.05) is 13.0 Å². The molecule has 1 amide bonds. The highest BCUT2D eigenvalue weighted by molar-refractivity contribution is 7.89. The lowest BCUT2D eigenvalue weighted by atomic mass is 10.2. The summed E-state index contributed by atoms with van der Waals surface area (Å²) in [6.07, 6.45) is 0.187. The van der Waals surface area contributed by atoms with E-state index < -0.39 is 32.6 Å². The van der Waals surface area contributed by atoms with Crippen molar-refractivity contribution >= 4 is 21.9 Å². The second kappa shape index (κ2) is 6.44. The molecule has 1 rings (SSSR count). The molecule has 0 radical (unpaired) electrons. The zero-order valence-corrected chi connectivity index (χ0v) is 11.1. The second-order valence-corrected chi connectivity index (χ2v) is 5.65. The monoisotopic (exact) mass is 304 g/mol. The summed E-state index contributed by atoms with van der Waals surface area (Å²) in [4.78, 5) is 20.4. The molecule has 9 heteroatoms. The van der Waals surface area contributed by atoms with Gasteiger partial charge in [-0.1, -0.05) is 0 Å². The molecule has 0 saturated carbocycles. The zero-order chi connectivity index (χ0) is 15.3. The van der Waals surface area contributed by atoms with Gasteiger partial charge in [-0.15, -0.1) is 0 Å². The van der Waals surface area contributed by atoms with E-state index in [1.54, 1.807) is 0 Å². The lowest BCUT2D eigenvalue weighted by molar-refractivity contribution is -0.118. The largest absolute Gasteiger partial charge is 0.478 e. The summed E-state index contributed by atoms with van der Waals surface area (Å²) in [7, 11) is -4.10. The van der Waals surface area contributed by atoms with Crippen LogP contribution >= 0.6 is 0 Å². The van der Waals surface area contributed by atoms with Gasteiger partial charge < -0.3 is 10.8 Å². The molecular formula is C11H13FN2O5S. The molecule has 0 heterocycles. The third kappa shape index (κ3) is 4.28. The molecular weight excluding hydrogens is 291 g/mol. The number of carboxylic acid groups (broad SMARTS) is 1. The number of nitrogens with two attached hydrogens (primary N) is 1. The number of halogens is 1. The first-order chi connectivity index (χ1) is 9.24. The summed E-state index contributed by atoms with van der Waals surface area (Å²) < 4.78 is 39.2. The molecule has 0 aliphatic carbocycles. The van der Waals surface area contributed by atoms with Crippen LogP contribution in [-0.4, -0.2) is 31.9 Å². The number of benzene rings is 1. The molecule has 7 nitrogen and oxygen atoms in total. The summed E-state index contributed by atoms with van der Waals surface area (Å²) in [5.41, 5.74) is 4.54. The number of primary amides is 1. The highest BCUT2D eigenvalue weighted by atomic mass is 32.2. The molecule has 0 bridgehead atoms. The first-order valence-electron chi connectivity index (χ1n) is 5.55. The Hall–Kier alpha value is -2.00. The summed E-state index contributed by atoms with van der Waals surface area (Å²) in [5, 5.41) is 8.65. The Morgan fingerprint density at radius 1 is 1.35 bits per heavy atom. The Morgan fingerprint density at radius 2 is 2.00 bits per heavy atom. The fourth-order valence-electron chi connectivity index (χ4n) is 1.40. The van der Waals surface area contributed by atoms with Gasteiger partial charge in [-0.05, 0) is 24.6 Å². The molecule has 1 aromatic rings. The number of carbonyl (C=O) groups excluding carboxylic acids is 1. The lowest BCUT2D eigenvalue weighted by Crippen LogP contribution is -2.26. The first kappa shape index (κ1) is 16.1. The fraction of sp³-hybridized carbons (Fsp3) is 0.273. The summed E-state index contributed by atoms with van der Waals surface area (Å²) in [6, 6.07) is 2.49. The third-order valence-electron chi connectivity index (χ3n) is 2.36. The van der Waals surface area contributed by atoms with E-state index in [1.807, 2.05) is 0 Å². The zero-order valence-electron chi connectivity index (χ0n) is 10.3. The van der Waals surface area contributed by atoms with Crippen LogP contribution in [0.1, 0.15) is 23.2 Å². The minimum Gasteiger partial charge on any atom is -0.478 e. The lowest BCUT2D eigenvalue weighted by Gasteiger charge is -2.07. The number of carbonyl (C=O) groups is 2. The molecule has 4 N–H and O–H groups in total. The van der Waals surface area contributed by atoms with Crippen LogP contribution in [0.3, 0.4) is 0 Å². The number of carboxylic acids is 1. The van der Waals surface area contributed by atoms with Crippen molar-refractivity contribution in [3.8, 4) is 0 Å². The molecule has 0 aliphatic rings. The van der Waals surface area contributed by atoms with E-state index in [2.05, 4.69) is 4.72 Å². The number of rotatable bonds is 7. The van der Waals surface area contributed by atoms with Crippen molar-refractivity contribution in [2.45, 2.75) is 17.7 Å². The minimum atomic E-state index is -4.10. The fourth-order valence-corrected chi connectivity index (χ4v) is 2.53. The van der Waals surface area contributed by atoms with Crippen molar-refractivity contribution in [1.29, 1.82) is 0 Å². The quantitative estimate of drug-likeness (QED) is 0.614. The number of aromatic carboxylic acids is 1. The van der Waals surface area contributed by atoms with Gasteiger partial charge in [0.25, 0.3) is 0 Å². The van der Waals surface area contributed by atoms with Crippen molar-refractivity contribution in [1.82, 2.24) is 4.72 Å². The molecule has 1 aromatic carbocycles. The molecule has 0 unspecified atom stereocenters. The third-order valence-corrected chi connectivity index (χ3v) is 3.85. The van der Waals surface area contributed by atoms with Gasteiger partial charge in [0.1, 0.15) is 10.7 Å². The predicted octanol–water partition coefficient (Wildman–Crippen LogP) is 0.0677. The molecule has 0 saturated heterocycles. The van der Waals surface area contributed by atoms with Crippen molar-refractivity contribution in [2.24, 2.45) is 5.73 Å². The Kier molecular flexibility index (Phi) is 5.17. The second-order valence-electron chi connectivity index (χ2n) is 3.92. The SMILES string of the molecule is NC(=O)CCCNS(=O)(=O)c1ccc(C(=O)O)cc1F. The van der Waals surface area contributed by atoms with E-state index in [1.165, 1.54) is 0 Å². The van der Waals surface area contributed by atoms with E-state index in [0.717, 1.165) is 12.1 Å². The normalized spacial score (nSPS) is 11.2. The average Bonchev–Trinajstić information content (AvgIpc) is 2.34. The number of hydrogen-bond acceptors (Lipinski definition) is 4. The standard InChI is InChI=1S/C11H13FN2O5S/c12-8-6-7(11(16)17)3-4-9(8)20(18,19)14-5-1-2-10(13)15/h3-4,6,14H,1-2,5H2,(H2,13,15)(H,16,17). The average molecular weight is 304 g/mol. The molecule has 0 atom stereocenters. The Bertz CT molecular complexity index is 630. The van der Waals surface area contributed by atoms with Gasteiger partial charge in [-0.3, -0.25) is 4.79 Å². The van der Waals surface area contributed by atoms with Gasteiger partial charge in [0.15, 0.2) is 0 Å². The maximum absolute atomic E-state index is 13.6. The van der Waals surface area contributed by atoms with Crippen LogP contribution in [0.4, 0.5) is 4.39 Å². The highest BCUT2D eigenvalue weighted by Crippen LogP contribution is 2.16. The van der Waals surface area contributed by atoms with Crippen molar-refractivity contribution in [2.75, 3.05) is 6.54 Å². The van der Waals surface area contributed by atoms with Gasteiger partial charge >= 0.3 is 5.97 Å². The van der Waals surface area contributed by atoms with Crippen LogP contribution in [-0.2, 0) is 14.8 Å². The molecule has 20 heavy (non-hydrogen) atoms. The van der Waals surface area contributed by atoms with Gasteiger partial charge in [0.05, 0.1) is 5.56 Å². The van der Waals surface area contributed by atoms with E-state index in [9.17, 15) is 22.4 Å². The van der Waals surface area contributed by atoms with Crippen molar-refractivity contribution < 1.29 is 27.5 Å². The van der Waals surface area contributed by atoms with Crippen molar-refractivity contribution in [3.05, 3.63) is 29.6 Å². The molecule has 0 fully saturated rings. The number of hydrogen-bond donors (Lipinski definition) is 3. The van der Waals surface area contributed by atoms with E-state index in [0.29, 0.717) is 6.07 Å².